The van der Waals surface area contributed by atoms with Crippen LogP contribution in [0.4, 0.5) is 4.39 Å². The monoisotopic (exact) mass is 376 g/mol. The zero-order valence-electron chi connectivity index (χ0n) is 14.1. The molecule has 1 aromatic heterocycles. The van der Waals surface area contributed by atoms with E-state index in [1.807, 2.05) is 6.07 Å². The number of rotatable bonds is 3. The van der Waals surface area contributed by atoms with Gasteiger partial charge in [0.2, 0.25) is 0 Å². The molecule has 0 atom stereocenters. The standard InChI is InChI=1S/C22H14ClFN2O/c23-16-10-12-17(13-11-16)26-21(14-9-15-5-1-3-7-19(15)24)25-20-8-4-2-6-18(20)22(26)27/h1-14H. The van der Waals surface area contributed by atoms with Gasteiger partial charge >= 0.3 is 0 Å². The number of fused-ring (bicyclic) bond motifs is 1. The van der Waals surface area contributed by atoms with Crippen LogP contribution in [0.5, 0.6) is 0 Å². The summed E-state index contributed by atoms with van der Waals surface area (Å²) in [6, 6.07) is 20.5. The van der Waals surface area contributed by atoms with Gasteiger partial charge in [0.05, 0.1) is 16.6 Å². The molecule has 4 rings (SSSR count). The zero-order chi connectivity index (χ0) is 18.8. The third-order valence-corrected chi connectivity index (χ3v) is 4.46. The number of hydrogen-bond donors (Lipinski definition) is 0. The van der Waals surface area contributed by atoms with Crippen molar-refractivity contribution in [3.63, 3.8) is 0 Å². The van der Waals surface area contributed by atoms with Crippen LogP contribution in [0.25, 0.3) is 28.7 Å². The van der Waals surface area contributed by atoms with Gasteiger partial charge in [-0.3, -0.25) is 9.36 Å². The van der Waals surface area contributed by atoms with Gasteiger partial charge in [-0.1, -0.05) is 41.9 Å². The van der Waals surface area contributed by atoms with E-state index in [2.05, 4.69) is 4.98 Å². The first-order chi connectivity index (χ1) is 13.1. The summed E-state index contributed by atoms with van der Waals surface area (Å²) < 4.78 is 15.4. The van der Waals surface area contributed by atoms with Crippen LogP contribution in [0.3, 0.4) is 0 Å². The Morgan fingerprint density at radius 1 is 0.889 bits per heavy atom. The van der Waals surface area contributed by atoms with Gasteiger partial charge < -0.3 is 0 Å². The van der Waals surface area contributed by atoms with Gasteiger partial charge in [0.25, 0.3) is 5.56 Å². The van der Waals surface area contributed by atoms with Crippen LogP contribution in [0.2, 0.25) is 5.02 Å². The molecule has 0 aliphatic carbocycles. The van der Waals surface area contributed by atoms with Crippen molar-refractivity contribution in [3.8, 4) is 5.69 Å². The Bertz CT molecular complexity index is 1210. The fourth-order valence-electron chi connectivity index (χ4n) is 2.88. The number of nitrogens with zero attached hydrogens (tertiary/aromatic N) is 2. The lowest BCUT2D eigenvalue weighted by Crippen LogP contribution is -2.22. The van der Waals surface area contributed by atoms with E-state index >= 15 is 0 Å². The molecule has 3 nitrogen and oxygen atoms in total. The highest BCUT2D eigenvalue weighted by atomic mass is 35.5. The molecule has 0 amide bonds. The van der Waals surface area contributed by atoms with Crippen molar-refractivity contribution in [2.45, 2.75) is 0 Å². The van der Waals surface area contributed by atoms with Gasteiger partial charge in [0.1, 0.15) is 11.6 Å². The molecule has 1 heterocycles. The SMILES string of the molecule is O=c1c2ccccc2nc(C=Cc2ccccc2F)n1-c1ccc(Cl)cc1. The van der Waals surface area contributed by atoms with E-state index in [-0.39, 0.29) is 11.4 Å². The highest BCUT2D eigenvalue weighted by Gasteiger charge is 2.11. The highest BCUT2D eigenvalue weighted by Crippen LogP contribution is 2.18. The van der Waals surface area contributed by atoms with Crippen molar-refractivity contribution in [1.29, 1.82) is 0 Å². The molecular weight excluding hydrogens is 363 g/mol. The molecule has 5 heteroatoms. The van der Waals surface area contributed by atoms with E-state index in [0.717, 1.165) is 0 Å². The summed E-state index contributed by atoms with van der Waals surface area (Å²) in [7, 11) is 0. The molecule has 0 unspecified atom stereocenters. The Labute approximate surface area is 160 Å². The van der Waals surface area contributed by atoms with E-state index in [0.29, 0.717) is 33.0 Å². The van der Waals surface area contributed by atoms with Crippen LogP contribution in [-0.2, 0) is 0 Å². The molecule has 0 spiro atoms. The Balaban J connectivity index is 1.95. The van der Waals surface area contributed by atoms with E-state index in [1.54, 1.807) is 72.8 Å². The second kappa shape index (κ2) is 7.17. The lowest BCUT2D eigenvalue weighted by Gasteiger charge is -2.11. The third kappa shape index (κ3) is 3.39. The molecule has 4 aromatic rings. The maximum Gasteiger partial charge on any atom is 0.266 e. The number of benzene rings is 3. The number of hydrogen-bond acceptors (Lipinski definition) is 2. The van der Waals surface area contributed by atoms with Gasteiger partial charge in [-0.25, -0.2) is 9.37 Å². The summed E-state index contributed by atoms with van der Waals surface area (Å²) in [5.74, 6) is 0.0687. The lowest BCUT2D eigenvalue weighted by atomic mass is 10.2. The summed E-state index contributed by atoms with van der Waals surface area (Å²) in [6.07, 6.45) is 3.25. The van der Waals surface area contributed by atoms with Crippen LogP contribution in [-0.4, -0.2) is 9.55 Å². The maximum absolute atomic E-state index is 13.9. The van der Waals surface area contributed by atoms with Gasteiger partial charge in [-0.2, -0.15) is 0 Å². The summed E-state index contributed by atoms with van der Waals surface area (Å²) in [5, 5.41) is 1.08. The average Bonchev–Trinajstić information content (AvgIpc) is 2.69. The van der Waals surface area contributed by atoms with Gasteiger partial charge in [0.15, 0.2) is 0 Å². The summed E-state index contributed by atoms with van der Waals surface area (Å²) in [5.41, 5.74) is 1.44. The molecule has 0 radical (unpaired) electrons. The summed E-state index contributed by atoms with van der Waals surface area (Å²) >= 11 is 5.97. The maximum atomic E-state index is 13.9. The quantitative estimate of drug-likeness (QED) is 0.483. The summed E-state index contributed by atoms with van der Waals surface area (Å²) in [6.45, 7) is 0. The van der Waals surface area contributed by atoms with Crippen molar-refractivity contribution in [2.75, 3.05) is 0 Å². The van der Waals surface area contributed by atoms with Crippen molar-refractivity contribution >= 4 is 34.7 Å². The molecular formula is C22H14ClFN2O. The fourth-order valence-corrected chi connectivity index (χ4v) is 3.00. The van der Waals surface area contributed by atoms with Crippen LogP contribution in [0, 0.1) is 5.82 Å². The van der Waals surface area contributed by atoms with E-state index in [9.17, 15) is 9.18 Å². The Kier molecular flexibility index (Phi) is 4.57. The minimum atomic E-state index is -0.338. The van der Waals surface area contributed by atoms with E-state index < -0.39 is 0 Å². The lowest BCUT2D eigenvalue weighted by molar-refractivity contribution is 0.625. The van der Waals surface area contributed by atoms with Crippen molar-refractivity contribution in [3.05, 3.63) is 105 Å². The molecule has 27 heavy (non-hydrogen) atoms. The van der Waals surface area contributed by atoms with E-state index in [4.69, 9.17) is 11.6 Å². The van der Waals surface area contributed by atoms with Crippen molar-refractivity contribution in [1.82, 2.24) is 9.55 Å². The topological polar surface area (TPSA) is 34.9 Å². The summed E-state index contributed by atoms with van der Waals surface area (Å²) in [4.78, 5) is 17.7. The predicted molar refractivity (Wildman–Crippen MR) is 108 cm³/mol. The van der Waals surface area contributed by atoms with Gasteiger partial charge in [-0.05, 0) is 54.6 Å². The van der Waals surface area contributed by atoms with Crippen molar-refractivity contribution < 1.29 is 4.39 Å². The van der Waals surface area contributed by atoms with Crippen LogP contribution in [0.1, 0.15) is 11.4 Å². The molecule has 0 fully saturated rings. The molecule has 0 N–H and O–H groups in total. The minimum absolute atomic E-state index is 0.198. The van der Waals surface area contributed by atoms with E-state index in [1.165, 1.54) is 10.6 Å². The number of aromatic nitrogens is 2. The fraction of sp³-hybridized carbons (Fsp3) is 0. The van der Waals surface area contributed by atoms with Gasteiger partial charge in [-0.15, -0.1) is 0 Å². The predicted octanol–water partition coefficient (Wildman–Crippen LogP) is 5.35. The molecule has 3 aromatic carbocycles. The third-order valence-electron chi connectivity index (χ3n) is 4.20. The molecule has 132 valence electrons. The smallest absolute Gasteiger partial charge is 0.266 e. The van der Waals surface area contributed by atoms with Crippen molar-refractivity contribution in [2.24, 2.45) is 0 Å². The number of halogens is 2. The van der Waals surface area contributed by atoms with Gasteiger partial charge in [0, 0.05) is 10.6 Å². The molecule has 0 saturated heterocycles. The Morgan fingerprint density at radius 3 is 2.37 bits per heavy atom. The molecule has 0 saturated carbocycles. The highest BCUT2D eigenvalue weighted by molar-refractivity contribution is 6.30. The number of para-hydroxylation sites is 1. The van der Waals surface area contributed by atoms with Crippen LogP contribution < -0.4 is 5.56 Å². The molecule has 0 aliphatic heterocycles. The second-order valence-electron chi connectivity index (χ2n) is 5.96. The molecule has 0 bridgehead atoms. The van der Waals surface area contributed by atoms with Crippen LogP contribution >= 0.6 is 11.6 Å². The normalized spacial score (nSPS) is 11.3. The second-order valence-corrected chi connectivity index (χ2v) is 6.40. The largest absolute Gasteiger partial charge is 0.268 e. The average molecular weight is 377 g/mol. The first-order valence-electron chi connectivity index (χ1n) is 8.34. The first kappa shape index (κ1) is 17.2. The molecule has 0 aliphatic rings. The first-order valence-corrected chi connectivity index (χ1v) is 8.71. The Hall–Kier alpha value is -3.24. The Morgan fingerprint density at radius 2 is 1.59 bits per heavy atom. The zero-order valence-corrected chi connectivity index (χ0v) is 14.9. The van der Waals surface area contributed by atoms with Crippen LogP contribution in [0.15, 0.2) is 77.6 Å². The minimum Gasteiger partial charge on any atom is -0.268 e.